The quantitative estimate of drug-likeness (QED) is 0.378. The number of aryl methyl sites for hydroxylation is 1. The summed E-state index contributed by atoms with van der Waals surface area (Å²) >= 11 is 0. The second kappa shape index (κ2) is 9.23. The van der Waals surface area contributed by atoms with Crippen molar-refractivity contribution in [2.45, 2.75) is 81.9 Å². The molecule has 1 aromatic rings. The van der Waals surface area contributed by atoms with Crippen LogP contribution in [0, 0.1) is 6.92 Å². The zero-order valence-electron chi connectivity index (χ0n) is 20.2. The Hall–Kier alpha value is -1.73. The van der Waals surface area contributed by atoms with Gasteiger partial charge >= 0.3 is 13.5 Å². The van der Waals surface area contributed by atoms with Gasteiger partial charge in [-0.25, -0.2) is 9.36 Å². The molecule has 13 heteroatoms. The summed E-state index contributed by atoms with van der Waals surface area (Å²) in [4.78, 5) is 27.9. The van der Waals surface area contributed by atoms with Crippen LogP contribution in [0.1, 0.15) is 50.1 Å². The molecule has 4 aliphatic heterocycles. The van der Waals surface area contributed by atoms with Crippen LogP contribution in [0.25, 0.3) is 0 Å². The molecule has 5 heterocycles. The van der Waals surface area contributed by atoms with Crippen molar-refractivity contribution in [3.8, 4) is 0 Å². The van der Waals surface area contributed by atoms with E-state index in [1.54, 1.807) is 32.2 Å². The lowest BCUT2D eigenvalue weighted by Gasteiger charge is -2.38. The fraction of sp³-hybridized carbons (Fsp3) is 0.652. The summed E-state index contributed by atoms with van der Waals surface area (Å²) in [5.41, 5.74) is 0.316. The van der Waals surface area contributed by atoms with Gasteiger partial charge < -0.3 is 29.7 Å². The minimum Gasteiger partial charge on any atom is -0.394 e. The number of allylic oxidation sites excluding steroid dienone is 2. The smallest absolute Gasteiger partial charge is 0.394 e. The Bertz CT molecular complexity index is 1210. The summed E-state index contributed by atoms with van der Waals surface area (Å²) in [6.45, 7) is 4.28. The number of aliphatic hydroxyl groups excluding tert-OH is 2. The van der Waals surface area contributed by atoms with Crippen LogP contribution in [0.4, 0.5) is 0 Å². The van der Waals surface area contributed by atoms with Crippen molar-refractivity contribution >= 4 is 7.82 Å². The molecule has 2 saturated heterocycles. The van der Waals surface area contributed by atoms with Crippen LogP contribution >= 0.6 is 7.82 Å². The Labute approximate surface area is 207 Å². The summed E-state index contributed by atoms with van der Waals surface area (Å²) in [5, 5.41) is 31.8. The van der Waals surface area contributed by atoms with Gasteiger partial charge in [-0.3, -0.25) is 13.6 Å². The highest BCUT2D eigenvalue weighted by Gasteiger charge is 2.49. The molecule has 1 aliphatic carbocycles. The first kappa shape index (κ1) is 25.9. The predicted octanol–water partition coefficient (Wildman–Crippen LogP) is 0.587. The fourth-order valence-electron chi connectivity index (χ4n) is 5.56. The molecule has 12 nitrogen and oxygen atoms in total. The highest BCUT2D eigenvalue weighted by Crippen LogP contribution is 2.51. The summed E-state index contributed by atoms with van der Waals surface area (Å²) < 4.78 is 36.3. The predicted molar refractivity (Wildman–Crippen MR) is 124 cm³/mol. The van der Waals surface area contributed by atoms with Gasteiger partial charge in [-0.1, -0.05) is 12.2 Å². The van der Waals surface area contributed by atoms with Gasteiger partial charge in [0.2, 0.25) is 0 Å². The van der Waals surface area contributed by atoms with Crippen molar-refractivity contribution in [1.82, 2.24) is 9.55 Å². The zero-order chi connectivity index (χ0) is 26.0. The first-order chi connectivity index (χ1) is 16.9. The number of nitrogens with zero attached hydrogens (tertiary/aromatic N) is 2. The standard InChI is InChI=1S/C23H31N2O10P/c1-11-4-5-23(3,29)20-19(11)15-7-14(16(9-26)33-15)35-36(30,31)32-10-17-13(27)6-18(34-17)25-8-12(2)21(20)24-22(25)28/h4-5,8,13-18,20,26-27,29H,6-7,9-10H2,1-3H3,(H,30,31)/t13?,14?,15-,16-,17-,18-,20+,23+/m1/s1. The maximum atomic E-state index is 13.2. The number of aromatic nitrogens is 2. The average molecular weight is 526 g/mol. The lowest BCUT2D eigenvalue weighted by Crippen LogP contribution is -2.40. The van der Waals surface area contributed by atoms with Gasteiger partial charge in [0.25, 0.3) is 0 Å². The maximum Gasteiger partial charge on any atom is 0.472 e. The lowest BCUT2D eigenvalue weighted by atomic mass is 9.72. The first-order valence-corrected chi connectivity index (χ1v) is 13.4. The van der Waals surface area contributed by atoms with Gasteiger partial charge in [0, 0.05) is 19.0 Å². The summed E-state index contributed by atoms with van der Waals surface area (Å²) in [6.07, 6.45) is -0.461. The lowest BCUT2D eigenvalue weighted by molar-refractivity contribution is -0.0520. The molecular formula is C23H31N2O10P. The van der Waals surface area contributed by atoms with E-state index in [-0.39, 0.29) is 12.8 Å². The Morgan fingerprint density at radius 3 is 2.72 bits per heavy atom. The van der Waals surface area contributed by atoms with Crippen LogP contribution in [-0.4, -0.2) is 79.1 Å². The van der Waals surface area contributed by atoms with E-state index < -0.39 is 75.0 Å². The van der Waals surface area contributed by atoms with Crippen LogP contribution < -0.4 is 5.69 Å². The van der Waals surface area contributed by atoms with Gasteiger partial charge in [-0.2, -0.15) is 4.98 Å². The molecule has 2 fully saturated rings. The number of phosphoric acid groups is 1. The Balaban J connectivity index is 1.67. The molecule has 0 saturated carbocycles. The summed E-state index contributed by atoms with van der Waals surface area (Å²) in [7, 11) is -4.63. The number of hydrogen-bond acceptors (Lipinski definition) is 10. The second-order valence-corrected chi connectivity index (χ2v) is 11.5. The van der Waals surface area contributed by atoms with Crippen LogP contribution in [0.3, 0.4) is 0 Å². The van der Waals surface area contributed by atoms with Crippen LogP contribution in [0.2, 0.25) is 0 Å². The highest BCUT2D eigenvalue weighted by atomic mass is 31.2. The number of aliphatic hydroxyl groups is 3. The molecule has 6 rings (SSSR count). The van der Waals surface area contributed by atoms with Crippen molar-refractivity contribution in [2.75, 3.05) is 13.2 Å². The molecule has 1 aromatic heterocycles. The monoisotopic (exact) mass is 526 g/mol. The number of phosphoric ester groups is 1. The minimum absolute atomic E-state index is 0.0459. The second-order valence-electron chi connectivity index (χ2n) is 10.1. The molecule has 0 spiro atoms. The third-order valence-corrected chi connectivity index (χ3v) is 8.39. The zero-order valence-corrected chi connectivity index (χ0v) is 21.1. The van der Waals surface area contributed by atoms with E-state index in [9.17, 15) is 29.6 Å². The Kier molecular flexibility index (Phi) is 6.64. The van der Waals surface area contributed by atoms with E-state index in [1.807, 2.05) is 6.92 Å². The minimum atomic E-state index is -4.63. The van der Waals surface area contributed by atoms with Crippen LogP contribution in [-0.2, 0) is 23.1 Å². The molecule has 6 bridgehead atoms. The van der Waals surface area contributed by atoms with Crippen molar-refractivity contribution < 1.29 is 43.3 Å². The molecule has 0 aromatic carbocycles. The highest BCUT2D eigenvalue weighted by molar-refractivity contribution is 7.47. The third kappa shape index (κ3) is 4.55. The topological polar surface area (TPSA) is 170 Å². The molecule has 0 amide bonds. The summed E-state index contributed by atoms with van der Waals surface area (Å²) in [6, 6.07) is 0. The number of rotatable bonds is 1. The molecule has 9 atom stereocenters. The molecule has 5 aliphatic rings. The van der Waals surface area contributed by atoms with E-state index in [2.05, 4.69) is 4.98 Å². The van der Waals surface area contributed by atoms with Crippen LogP contribution in [0.5, 0.6) is 0 Å². The SMILES string of the molecule is CC1=C2[C@H]3CC(OP(=O)(O)OC[C@H]4O[C@H](CC4O)n4cc(C)c(nc4=O)[C@H]2[C@@](C)(O)C=C1)[C@@H](CO)O3. The van der Waals surface area contributed by atoms with E-state index >= 15 is 0 Å². The van der Waals surface area contributed by atoms with Gasteiger partial charge in [-0.05, 0) is 37.5 Å². The van der Waals surface area contributed by atoms with Crippen molar-refractivity contribution in [1.29, 1.82) is 0 Å². The molecule has 36 heavy (non-hydrogen) atoms. The molecule has 4 N–H and O–H groups in total. The Morgan fingerprint density at radius 2 is 2.00 bits per heavy atom. The van der Waals surface area contributed by atoms with Crippen molar-refractivity contribution in [3.05, 3.63) is 51.2 Å². The normalized spacial score (nSPS) is 42.7. The van der Waals surface area contributed by atoms with E-state index in [1.165, 1.54) is 4.57 Å². The van der Waals surface area contributed by atoms with Crippen molar-refractivity contribution in [3.63, 3.8) is 0 Å². The van der Waals surface area contributed by atoms with Gasteiger partial charge in [0.15, 0.2) is 0 Å². The van der Waals surface area contributed by atoms with E-state index in [0.717, 1.165) is 5.57 Å². The number of fused-ring (bicyclic) bond motifs is 5. The number of ether oxygens (including phenoxy) is 2. The molecule has 3 unspecified atom stereocenters. The van der Waals surface area contributed by atoms with E-state index in [0.29, 0.717) is 16.8 Å². The van der Waals surface area contributed by atoms with Gasteiger partial charge in [0.1, 0.15) is 24.5 Å². The summed E-state index contributed by atoms with van der Waals surface area (Å²) in [5.74, 6) is -0.777. The fourth-order valence-corrected chi connectivity index (χ4v) is 6.52. The maximum absolute atomic E-state index is 13.2. The average Bonchev–Trinajstić information content (AvgIpc) is 3.37. The Morgan fingerprint density at radius 1 is 1.25 bits per heavy atom. The first-order valence-electron chi connectivity index (χ1n) is 11.9. The van der Waals surface area contributed by atoms with Gasteiger partial charge in [-0.15, -0.1) is 0 Å². The molecule has 0 radical (unpaired) electrons. The van der Waals surface area contributed by atoms with Gasteiger partial charge in [0.05, 0.1) is 42.6 Å². The van der Waals surface area contributed by atoms with Crippen molar-refractivity contribution in [2.24, 2.45) is 0 Å². The molecule has 198 valence electrons. The largest absolute Gasteiger partial charge is 0.472 e. The third-order valence-electron chi connectivity index (χ3n) is 7.38. The van der Waals surface area contributed by atoms with E-state index in [4.69, 9.17) is 18.5 Å². The number of hydrogen-bond donors (Lipinski definition) is 4. The van der Waals surface area contributed by atoms with Crippen LogP contribution in [0.15, 0.2) is 34.3 Å². The molecular weight excluding hydrogens is 495 g/mol.